The molecule has 0 fully saturated rings. The molecule has 0 radical (unpaired) electrons. The summed E-state index contributed by atoms with van der Waals surface area (Å²) in [6, 6.07) is 17.3. The number of thiazole rings is 1. The van der Waals surface area contributed by atoms with Crippen LogP contribution < -0.4 is 4.74 Å². The summed E-state index contributed by atoms with van der Waals surface area (Å²) in [5.74, 6) is 0.570. The zero-order valence-corrected chi connectivity index (χ0v) is 14.1. The van der Waals surface area contributed by atoms with Crippen LogP contribution in [0, 0.1) is 6.92 Å². The molecule has 25 heavy (non-hydrogen) atoms. The number of hydrogen-bond donors (Lipinski definition) is 2. The van der Waals surface area contributed by atoms with Gasteiger partial charge in [0.25, 0.3) is 0 Å². The number of rotatable bonds is 4. The van der Waals surface area contributed by atoms with Gasteiger partial charge in [0.1, 0.15) is 21.4 Å². The molecule has 2 aromatic heterocycles. The van der Waals surface area contributed by atoms with Crippen LogP contribution in [0.4, 0.5) is 0 Å². The Morgan fingerprint density at radius 1 is 1.12 bits per heavy atom. The third-order valence-corrected chi connectivity index (χ3v) is 4.97. The monoisotopic (exact) mass is 350 g/mol. The average molecular weight is 350 g/mol. The molecule has 0 amide bonds. The van der Waals surface area contributed by atoms with Crippen molar-refractivity contribution in [1.82, 2.24) is 9.97 Å². The fourth-order valence-electron chi connectivity index (χ4n) is 2.62. The van der Waals surface area contributed by atoms with Gasteiger partial charge in [0.2, 0.25) is 0 Å². The topological polar surface area (TPSA) is 75.2 Å². The summed E-state index contributed by atoms with van der Waals surface area (Å²) < 4.78 is 5.85. The Bertz CT molecular complexity index is 1070. The maximum absolute atomic E-state index is 11.2. The lowest BCUT2D eigenvalue weighted by molar-refractivity contribution is 0.0701. The van der Waals surface area contributed by atoms with Gasteiger partial charge >= 0.3 is 5.97 Å². The fourth-order valence-corrected chi connectivity index (χ4v) is 3.50. The summed E-state index contributed by atoms with van der Waals surface area (Å²) in [6.45, 7) is 1.71. The molecule has 0 bridgehead atoms. The lowest BCUT2D eigenvalue weighted by Gasteiger charge is -2.04. The molecule has 0 saturated heterocycles. The number of para-hydroxylation sites is 1. The number of aromatic nitrogens is 2. The van der Waals surface area contributed by atoms with Crippen LogP contribution in [-0.4, -0.2) is 21.0 Å². The first-order valence-electron chi connectivity index (χ1n) is 7.67. The number of hydrogen-bond acceptors (Lipinski definition) is 4. The third-order valence-electron chi connectivity index (χ3n) is 3.79. The Kier molecular flexibility index (Phi) is 3.74. The maximum Gasteiger partial charge on any atom is 0.347 e. The van der Waals surface area contributed by atoms with E-state index in [0.717, 1.165) is 28.1 Å². The highest BCUT2D eigenvalue weighted by molar-refractivity contribution is 7.17. The van der Waals surface area contributed by atoms with Gasteiger partial charge < -0.3 is 14.8 Å². The van der Waals surface area contributed by atoms with Crippen molar-refractivity contribution < 1.29 is 14.6 Å². The van der Waals surface area contributed by atoms with Crippen LogP contribution in [0.1, 0.15) is 15.4 Å². The van der Waals surface area contributed by atoms with Crippen molar-refractivity contribution in [2.24, 2.45) is 0 Å². The molecule has 4 aromatic rings. The molecule has 4 rings (SSSR count). The van der Waals surface area contributed by atoms with E-state index in [-0.39, 0.29) is 4.88 Å². The normalized spacial score (nSPS) is 10.9. The minimum atomic E-state index is -0.948. The number of fused-ring (bicyclic) bond motifs is 1. The molecule has 124 valence electrons. The molecule has 2 heterocycles. The molecule has 0 aliphatic rings. The van der Waals surface area contributed by atoms with Gasteiger partial charge in [-0.2, -0.15) is 0 Å². The lowest BCUT2D eigenvalue weighted by atomic mass is 10.2. The lowest BCUT2D eigenvalue weighted by Crippen LogP contribution is -1.94. The summed E-state index contributed by atoms with van der Waals surface area (Å²) >= 11 is 1.17. The van der Waals surface area contributed by atoms with Gasteiger partial charge in [-0.25, -0.2) is 9.78 Å². The first-order valence-corrected chi connectivity index (χ1v) is 8.48. The van der Waals surface area contributed by atoms with Gasteiger partial charge in [0.05, 0.1) is 11.4 Å². The largest absolute Gasteiger partial charge is 0.477 e. The molecular formula is C19H14N2O3S. The van der Waals surface area contributed by atoms with E-state index in [0.29, 0.717) is 10.7 Å². The first-order chi connectivity index (χ1) is 12.1. The molecular weight excluding hydrogens is 336 g/mol. The number of H-pyrrole nitrogens is 1. The molecule has 2 N–H and O–H groups in total. The summed E-state index contributed by atoms with van der Waals surface area (Å²) in [6.07, 6.45) is 0. The van der Waals surface area contributed by atoms with Crippen molar-refractivity contribution in [3.05, 3.63) is 65.2 Å². The number of carboxylic acids is 1. The van der Waals surface area contributed by atoms with Crippen LogP contribution in [0.5, 0.6) is 11.5 Å². The number of aryl methyl sites for hydroxylation is 1. The predicted octanol–water partition coefficient (Wildman–Crippen LogP) is 5.09. The number of aromatic amines is 1. The van der Waals surface area contributed by atoms with Crippen molar-refractivity contribution in [2.45, 2.75) is 6.92 Å². The number of carboxylic acid groups (broad SMARTS) is 1. The third kappa shape index (κ3) is 2.99. The summed E-state index contributed by atoms with van der Waals surface area (Å²) in [5.41, 5.74) is 2.27. The van der Waals surface area contributed by atoms with Crippen molar-refractivity contribution in [3.8, 4) is 22.2 Å². The second-order valence-corrected chi connectivity index (χ2v) is 6.58. The standard InChI is InChI=1S/C19H14N2O3S/c1-11-17(19(22)23)25-18(20-11)16-10-12-9-14(7-8-15(12)21-16)24-13-5-3-2-4-6-13/h2-10,21H,1H3,(H,22,23). The van der Waals surface area contributed by atoms with Gasteiger partial charge in [0, 0.05) is 10.9 Å². The average Bonchev–Trinajstić information content (AvgIpc) is 3.18. The zero-order valence-electron chi connectivity index (χ0n) is 13.3. The fraction of sp³-hybridized carbons (Fsp3) is 0.0526. The summed E-state index contributed by atoms with van der Waals surface area (Å²) in [4.78, 5) is 19.1. The molecule has 0 saturated carbocycles. The van der Waals surface area contributed by atoms with Crippen LogP contribution in [0.25, 0.3) is 21.6 Å². The Morgan fingerprint density at radius 2 is 1.92 bits per heavy atom. The van der Waals surface area contributed by atoms with E-state index in [4.69, 9.17) is 4.74 Å². The molecule has 0 aliphatic carbocycles. The number of ether oxygens (including phenoxy) is 1. The Hall–Kier alpha value is -3.12. The Labute approximate surface area is 147 Å². The molecule has 0 aliphatic heterocycles. The highest BCUT2D eigenvalue weighted by atomic mass is 32.1. The minimum absolute atomic E-state index is 0.266. The van der Waals surface area contributed by atoms with Crippen LogP contribution in [0.15, 0.2) is 54.6 Å². The van der Waals surface area contributed by atoms with E-state index >= 15 is 0 Å². The molecule has 6 heteroatoms. The second-order valence-electron chi connectivity index (χ2n) is 5.59. The van der Waals surface area contributed by atoms with Crippen molar-refractivity contribution in [1.29, 1.82) is 0 Å². The minimum Gasteiger partial charge on any atom is -0.477 e. The number of nitrogens with one attached hydrogen (secondary N) is 1. The summed E-state index contributed by atoms with van der Waals surface area (Å²) in [7, 11) is 0. The molecule has 0 spiro atoms. The van der Waals surface area contributed by atoms with Gasteiger partial charge in [0.15, 0.2) is 0 Å². The predicted molar refractivity (Wildman–Crippen MR) is 97.6 cm³/mol. The van der Waals surface area contributed by atoms with Crippen LogP contribution in [-0.2, 0) is 0 Å². The van der Waals surface area contributed by atoms with Gasteiger partial charge in [-0.15, -0.1) is 11.3 Å². The molecule has 0 unspecified atom stereocenters. The van der Waals surface area contributed by atoms with E-state index in [1.807, 2.05) is 54.6 Å². The van der Waals surface area contributed by atoms with Gasteiger partial charge in [-0.1, -0.05) is 18.2 Å². The van der Waals surface area contributed by atoms with E-state index in [1.54, 1.807) is 6.92 Å². The smallest absolute Gasteiger partial charge is 0.347 e. The van der Waals surface area contributed by atoms with Crippen molar-refractivity contribution in [3.63, 3.8) is 0 Å². The van der Waals surface area contributed by atoms with E-state index in [1.165, 1.54) is 11.3 Å². The highest BCUT2D eigenvalue weighted by Gasteiger charge is 2.16. The van der Waals surface area contributed by atoms with E-state index < -0.39 is 5.97 Å². The second kappa shape index (κ2) is 6.07. The molecule has 0 atom stereocenters. The van der Waals surface area contributed by atoms with Gasteiger partial charge in [-0.3, -0.25) is 0 Å². The van der Waals surface area contributed by atoms with E-state index in [2.05, 4.69) is 9.97 Å². The maximum atomic E-state index is 11.2. The number of carbonyl (C=O) groups is 1. The first kappa shape index (κ1) is 15.4. The van der Waals surface area contributed by atoms with Crippen LogP contribution in [0.2, 0.25) is 0 Å². The number of nitrogens with zero attached hydrogens (tertiary/aromatic N) is 1. The zero-order chi connectivity index (χ0) is 17.4. The van der Waals surface area contributed by atoms with Crippen LogP contribution >= 0.6 is 11.3 Å². The highest BCUT2D eigenvalue weighted by Crippen LogP contribution is 2.32. The van der Waals surface area contributed by atoms with Crippen molar-refractivity contribution in [2.75, 3.05) is 0 Å². The Morgan fingerprint density at radius 3 is 2.64 bits per heavy atom. The number of aromatic carboxylic acids is 1. The van der Waals surface area contributed by atoms with Gasteiger partial charge in [-0.05, 0) is 43.3 Å². The molecule has 2 aromatic carbocycles. The molecule has 5 nitrogen and oxygen atoms in total. The quantitative estimate of drug-likeness (QED) is 0.537. The Balaban J connectivity index is 1.68. The SMILES string of the molecule is Cc1nc(-c2cc3cc(Oc4ccccc4)ccc3[nH]2)sc1C(=O)O. The van der Waals surface area contributed by atoms with Crippen LogP contribution in [0.3, 0.4) is 0 Å². The summed E-state index contributed by atoms with van der Waals surface area (Å²) in [5, 5.41) is 10.8. The number of benzene rings is 2. The van der Waals surface area contributed by atoms with Crippen molar-refractivity contribution >= 4 is 28.2 Å². The van der Waals surface area contributed by atoms with E-state index in [9.17, 15) is 9.90 Å².